The molecule has 2 heterocycles. The maximum absolute atomic E-state index is 11.8. The van der Waals surface area contributed by atoms with Crippen LogP contribution >= 0.6 is 0 Å². The van der Waals surface area contributed by atoms with Crippen LogP contribution in [0.1, 0.15) is 5.56 Å². The van der Waals surface area contributed by atoms with Crippen molar-refractivity contribution in [2.75, 3.05) is 20.8 Å². The van der Waals surface area contributed by atoms with Crippen LogP contribution in [-0.4, -0.2) is 53.7 Å². The average molecular weight is 405 g/mol. The van der Waals surface area contributed by atoms with E-state index in [1.165, 1.54) is 6.21 Å². The predicted molar refractivity (Wildman–Crippen MR) is 110 cm³/mol. The van der Waals surface area contributed by atoms with Gasteiger partial charge in [-0.3, -0.25) is 10.1 Å². The van der Waals surface area contributed by atoms with Gasteiger partial charge in [-0.1, -0.05) is 18.2 Å². The molecule has 2 aromatic carbocycles. The van der Waals surface area contributed by atoms with Crippen molar-refractivity contribution in [3.8, 4) is 28.4 Å². The number of benzene rings is 2. The highest BCUT2D eigenvalue weighted by atomic mass is 16.5. The van der Waals surface area contributed by atoms with E-state index in [2.05, 4.69) is 10.4 Å². The Morgan fingerprint density at radius 1 is 1.10 bits per heavy atom. The van der Waals surface area contributed by atoms with Crippen LogP contribution in [0.4, 0.5) is 4.79 Å². The van der Waals surface area contributed by atoms with E-state index in [1.807, 2.05) is 36.4 Å². The van der Waals surface area contributed by atoms with Crippen LogP contribution in [0.2, 0.25) is 0 Å². The van der Waals surface area contributed by atoms with E-state index in [1.54, 1.807) is 37.2 Å². The third kappa shape index (κ3) is 3.72. The maximum Gasteiger partial charge on any atom is 0.344 e. The SMILES string of the molecule is COc1ccc(OC)c(-c2nn(-c3ccccc3)cc2/C=N\N2CC(=O)NC2=O)c1. The Balaban J connectivity index is 1.82. The maximum atomic E-state index is 11.8. The minimum absolute atomic E-state index is 0.125. The lowest BCUT2D eigenvalue weighted by Gasteiger charge is -2.10. The van der Waals surface area contributed by atoms with Crippen LogP contribution in [0.15, 0.2) is 59.8 Å². The van der Waals surface area contributed by atoms with Crippen LogP contribution in [0.5, 0.6) is 11.5 Å². The van der Waals surface area contributed by atoms with E-state index in [0.717, 1.165) is 10.7 Å². The van der Waals surface area contributed by atoms with Gasteiger partial charge in [0.25, 0.3) is 0 Å². The number of imide groups is 1. The third-order valence-corrected chi connectivity index (χ3v) is 4.54. The highest BCUT2D eigenvalue weighted by Crippen LogP contribution is 2.34. The van der Waals surface area contributed by atoms with Crippen molar-refractivity contribution in [1.82, 2.24) is 20.1 Å². The fourth-order valence-corrected chi connectivity index (χ4v) is 3.06. The molecule has 1 fully saturated rings. The van der Waals surface area contributed by atoms with E-state index in [4.69, 9.17) is 14.6 Å². The highest BCUT2D eigenvalue weighted by molar-refractivity contribution is 6.02. The summed E-state index contributed by atoms with van der Waals surface area (Å²) in [5.41, 5.74) is 2.78. The predicted octanol–water partition coefficient (Wildman–Crippen LogP) is 2.44. The van der Waals surface area contributed by atoms with Crippen molar-refractivity contribution < 1.29 is 19.1 Å². The summed E-state index contributed by atoms with van der Waals surface area (Å²) < 4.78 is 12.6. The van der Waals surface area contributed by atoms with Gasteiger partial charge in [0.15, 0.2) is 0 Å². The molecule has 0 saturated carbocycles. The smallest absolute Gasteiger partial charge is 0.344 e. The van der Waals surface area contributed by atoms with E-state index in [0.29, 0.717) is 28.3 Å². The van der Waals surface area contributed by atoms with Crippen LogP contribution in [0, 0.1) is 0 Å². The standard InChI is InChI=1S/C21H19N5O4/c1-29-16-8-9-18(30-2)17(10-16)20-14(11-22-26-13-19(27)23-21(26)28)12-25(24-20)15-6-4-3-5-7-15/h3-12H,13H2,1-2H3,(H,23,27,28)/b22-11-. The van der Waals surface area contributed by atoms with Gasteiger partial charge in [-0.25, -0.2) is 14.5 Å². The van der Waals surface area contributed by atoms with Crippen molar-refractivity contribution in [3.05, 3.63) is 60.3 Å². The number of methoxy groups -OCH3 is 2. The second-order valence-corrected chi connectivity index (χ2v) is 6.43. The Kier molecular flexibility index (Phi) is 5.17. The molecule has 0 bridgehead atoms. The monoisotopic (exact) mass is 405 g/mol. The highest BCUT2D eigenvalue weighted by Gasteiger charge is 2.26. The number of nitrogens with one attached hydrogen (secondary N) is 1. The molecular weight excluding hydrogens is 386 g/mol. The van der Waals surface area contributed by atoms with Crippen LogP contribution in [-0.2, 0) is 4.79 Å². The van der Waals surface area contributed by atoms with Gasteiger partial charge in [-0.15, -0.1) is 0 Å². The molecular formula is C21H19N5O4. The second-order valence-electron chi connectivity index (χ2n) is 6.43. The molecule has 0 radical (unpaired) electrons. The topological polar surface area (TPSA) is 98.1 Å². The van der Waals surface area contributed by atoms with Gasteiger partial charge in [-0.05, 0) is 30.3 Å². The molecule has 3 aromatic rings. The summed E-state index contributed by atoms with van der Waals surface area (Å²) in [6.45, 7) is -0.125. The molecule has 3 amide bonds. The summed E-state index contributed by atoms with van der Waals surface area (Å²) in [6, 6.07) is 14.4. The summed E-state index contributed by atoms with van der Waals surface area (Å²) in [7, 11) is 3.16. The number of nitrogens with zero attached hydrogens (tertiary/aromatic N) is 4. The Morgan fingerprint density at radius 3 is 2.57 bits per heavy atom. The average Bonchev–Trinajstić information content (AvgIpc) is 3.34. The number of hydrogen-bond donors (Lipinski definition) is 1. The lowest BCUT2D eigenvalue weighted by molar-refractivity contribution is -0.118. The van der Waals surface area contributed by atoms with Crippen molar-refractivity contribution in [1.29, 1.82) is 0 Å². The number of carbonyl (C=O) groups is 2. The molecule has 0 atom stereocenters. The number of rotatable bonds is 6. The summed E-state index contributed by atoms with van der Waals surface area (Å²) in [5.74, 6) is 0.858. The molecule has 9 nitrogen and oxygen atoms in total. The lowest BCUT2D eigenvalue weighted by Crippen LogP contribution is -2.24. The number of hydrogen-bond acceptors (Lipinski definition) is 6. The zero-order valence-electron chi connectivity index (χ0n) is 16.4. The number of hydrazone groups is 1. The van der Waals surface area contributed by atoms with E-state index in [-0.39, 0.29) is 6.54 Å². The van der Waals surface area contributed by atoms with Crippen molar-refractivity contribution in [3.63, 3.8) is 0 Å². The summed E-state index contributed by atoms with van der Waals surface area (Å²) >= 11 is 0. The Labute approximate surface area is 172 Å². The minimum atomic E-state index is -0.563. The molecule has 9 heteroatoms. The zero-order chi connectivity index (χ0) is 21.1. The summed E-state index contributed by atoms with van der Waals surface area (Å²) in [5, 5.41) is 12.1. The summed E-state index contributed by atoms with van der Waals surface area (Å²) in [4.78, 5) is 23.2. The first-order valence-electron chi connectivity index (χ1n) is 9.12. The molecule has 30 heavy (non-hydrogen) atoms. The van der Waals surface area contributed by atoms with Crippen LogP contribution in [0.25, 0.3) is 16.9 Å². The lowest BCUT2D eigenvalue weighted by atomic mass is 10.1. The molecule has 1 aliphatic heterocycles. The number of carbonyl (C=O) groups excluding carboxylic acids is 2. The number of ether oxygens (including phenoxy) is 2. The quantitative estimate of drug-likeness (QED) is 0.502. The van der Waals surface area contributed by atoms with Crippen LogP contribution in [0.3, 0.4) is 0 Å². The number of aromatic nitrogens is 2. The molecule has 1 N–H and O–H groups in total. The largest absolute Gasteiger partial charge is 0.497 e. The van der Waals surface area contributed by atoms with E-state index < -0.39 is 11.9 Å². The normalized spacial score (nSPS) is 13.7. The molecule has 1 aliphatic rings. The van der Waals surface area contributed by atoms with Crippen LogP contribution < -0.4 is 14.8 Å². The fraction of sp³-hybridized carbons (Fsp3) is 0.143. The van der Waals surface area contributed by atoms with Gasteiger partial charge in [0.1, 0.15) is 23.7 Å². The Morgan fingerprint density at radius 2 is 1.90 bits per heavy atom. The second kappa shape index (κ2) is 8.08. The van der Waals surface area contributed by atoms with Crippen molar-refractivity contribution in [2.24, 2.45) is 5.10 Å². The molecule has 0 spiro atoms. The van der Waals surface area contributed by atoms with Gasteiger partial charge in [0.05, 0.1) is 26.1 Å². The Bertz CT molecular complexity index is 1120. The first kappa shape index (κ1) is 19.2. The summed E-state index contributed by atoms with van der Waals surface area (Å²) in [6.07, 6.45) is 3.29. The zero-order valence-corrected chi connectivity index (χ0v) is 16.4. The van der Waals surface area contributed by atoms with E-state index in [9.17, 15) is 9.59 Å². The first-order valence-corrected chi connectivity index (χ1v) is 9.12. The van der Waals surface area contributed by atoms with Crippen molar-refractivity contribution >= 4 is 18.2 Å². The molecule has 152 valence electrons. The van der Waals surface area contributed by atoms with Gasteiger partial charge >= 0.3 is 6.03 Å². The molecule has 0 aliphatic carbocycles. The molecule has 4 rings (SSSR count). The molecule has 0 unspecified atom stereocenters. The van der Waals surface area contributed by atoms with Gasteiger partial charge in [-0.2, -0.15) is 10.2 Å². The Hall–Kier alpha value is -4.14. The van der Waals surface area contributed by atoms with Crippen molar-refractivity contribution in [2.45, 2.75) is 0 Å². The molecule has 1 saturated heterocycles. The van der Waals surface area contributed by atoms with Gasteiger partial charge < -0.3 is 9.47 Å². The molecule has 1 aromatic heterocycles. The fourth-order valence-electron chi connectivity index (χ4n) is 3.06. The third-order valence-electron chi connectivity index (χ3n) is 4.54. The number of urea groups is 1. The first-order chi connectivity index (χ1) is 14.6. The van der Waals surface area contributed by atoms with Gasteiger partial charge in [0, 0.05) is 17.3 Å². The number of para-hydroxylation sites is 1. The number of amides is 3. The van der Waals surface area contributed by atoms with E-state index >= 15 is 0 Å². The minimum Gasteiger partial charge on any atom is -0.497 e. The van der Waals surface area contributed by atoms with Gasteiger partial charge in [0.2, 0.25) is 5.91 Å².